The molecule has 0 bridgehead atoms. The number of rotatable bonds is 6. The first-order valence-electron chi connectivity index (χ1n) is 7.95. The van der Waals surface area contributed by atoms with Gasteiger partial charge in [-0.1, -0.05) is 0 Å². The Labute approximate surface area is 150 Å². The summed E-state index contributed by atoms with van der Waals surface area (Å²) in [5, 5.41) is 14.8. The third-order valence-corrected chi connectivity index (χ3v) is 4.45. The number of benzene rings is 1. The SMILES string of the molecule is Cc1cc(NC(=O)CCc2nnc(-c3ccsc3)o2)ccc1N(C)C. The molecule has 130 valence electrons. The van der Waals surface area contributed by atoms with Gasteiger partial charge < -0.3 is 14.6 Å². The molecule has 0 saturated carbocycles. The van der Waals surface area contributed by atoms with Gasteiger partial charge in [0.2, 0.25) is 17.7 Å². The van der Waals surface area contributed by atoms with Crippen molar-refractivity contribution in [3.05, 3.63) is 46.5 Å². The van der Waals surface area contributed by atoms with Crippen molar-refractivity contribution in [2.75, 3.05) is 24.3 Å². The first-order valence-corrected chi connectivity index (χ1v) is 8.90. The molecule has 0 radical (unpaired) electrons. The van der Waals surface area contributed by atoms with Crippen molar-refractivity contribution in [1.29, 1.82) is 0 Å². The Kier molecular flexibility index (Phi) is 5.14. The van der Waals surface area contributed by atoms with Crippen LogP contribution in [0.5, 0.6) is 0 Å². The number of thiophene rings is 1. The summed E-state index contributed by atoms with van der Waals surface area (Å²) in [5.41, 5.74) is 3.94. The van der Waals surface area contributed by atoms with Gasteiger partial charge in [0.15, 0.2) is 0 Å². The van der Waals surface area contributed by atoms with E-state index in [0.29, 0.717) is 24.6 Å². The van der Waals surface area contributed by atoms with Gasteiger partial charge in [0.1, 0.15) is 0 Å². The lowest BCUT2D eigenvalue weighted by Crippen LogP contribution is -2.14. The minimum Gasteiger partial charge on any atom is -0.421 e. The maximum atomic E-state index is 12.1. The van der Waals surface area contributed by atoms with E-state index < -0.39 is 0 Å². The lowest BCUT2D eigenvalue weighted by molar-refractivity contribution is -0.116. The van der Waals surface area contributed by atoms with Crippen LogP contribution in [0.1, 0.15) is 17.9 Å². The predicted octanol–water partition coefficient (Wildman–Crippen LogP) is 3.74. The summed E-state index contributed by atoms with van der Waals surface area (Å²) in [6.45, 7) is 2.02. The van der Waals surface area contributed by atoms with Crippen LogP contribution in [-0.2, 0) is 11.2 Å². The smallest absolute Gasteiger partial charge is 0.248 e. The standard InChI is InChI=1S/C18H20N4O2S/c1-12-10-14(4-5-15(12)22(2)3)19-16(23)6-7-17-20-21-18(24-17)13-8-9-25-11-13/h4-5,8-11H,6-7H2,1-3H3,(H,19,23). The number of hydrogen-bond donors (Lipinski definition) is 1. The van der Waals surface area contributed by atoms with Crippen LogP contribution in [0.15, 0.2) is 39.4 Å². The highest BCUT2D eigenvalue weighted by atomic mass is 32.1. The first kappa shape index (κ1) is 17.2. The molecule has 0 spiro atoms. The second kappa shape index (κ2) is 7.48. The third-order valence-electron chi connectivity index (χ3n) is 3.76. The molecule has 0 unspecified atom stereocenters. The average molecular weight is 356 g/mol. The van der Waals surface area contributed by atoms with Gasteiger partial charge in [-0.2, -0.15) is 11.3 Å². The van der Waals surface area contributed by atoms with Crippen molar-refractivity contribution in [2.24, 2.45) is 0 Å². The number of amides is 1. The molecule has 0 fully saturated rings. The average Bonchev–Trinajstić information content (AvgIpc) is 3.24. The second-order valence-electron chi connectivity index (χ2n) is 5.96. The molecule has 0 saturated heterocycles. The van der Waals surface area contributed by atoms with Gasteiger partial charge in [0.05, 0.1) is 0 Å². The van der Waals surface area contributed by atoms with Crippen molar-refractivity contribution >= 4 is 28.6 Å². The summed E-state index contributed by atoms with van der Waals surface area (Å²) in [7, 11) is 3.99. The van der Waals surface area contributed by atoms with E-state index in [-0.39, 0.29) is 5.91 Å². The van der Waals surface area contributed by atoms with Crippen LogP contribution in [0.25, 0.3) is 11.5 Å². The Morgan fingerprint density at radius 1 is 1.28 bits per heavy atom. The first-order chi connectivity index (χ1) is 12.0. The molecule has 1 N–H and O–H groups in total. The fourth-order valence-corrected chi connectivity index (χ4v) is 3.17. The van der Waals surface area contributed by atoms with E-state index in [1.165, 1.54) is 0 Å². The van der Waals surface area contributed by atoms with Crippen molar-refractivity contribution in [3.63, 3.8) is 0 Å². The number of anilines is 2. The fraction of sp³-hybridized carbons (Fsp3) is 0.278. The molecular weight excluding hydrogens is 336 g/mol. The van der Waals surface area contributed by atoms with E-state index >= 15 is 0 Å². The minimum atomic E-state index is -0.0766. The van der Waals surface area contributed by atoms with Gasteiger partial charge in [-0.25, -0.2) is 0 Å². The molecule has 0 atom stereocenters. The van der Waals surface area contributed by atoms with E-state index in [1.54, 1.807) is 11.3 Å². The number of carbonyl (C=O) groups is 1. The summed E-state index contributed by atoms with van der Waals surface area (Å²) < 4.78 is 5.59. The Bertz CT molecular complexity index is 856. The zero-order valence-corrected chi connectivity index (χ0v) is 15.3. The summed E-state index contributed by atoms with van der Waals surface area (Å²) in [4.78, 5) is 14.2. The Morgan fingerprint density at radius 2 is 2.12 bits per heavy atom. The van der Waals surface area contributed by atoms with Crippen LogP contribution in [0.4, 0.5) is 11.4 Å². The normalized spacial score (nSPS) is 10.7. The summed E-state index contributed by atoms with van der Waals surface area (Å²) >= 11 is 1.57. The topological polar surface area (TPSA) is 71.3 Å². The second-order valence-corrected chi connectivity index (χ2v) is 6.74. The van der Waals surface area contributed by atoms with Gasteiger partial charge in [-0.05, 0) is 42.1 Å². The molecule has 2 heterocycles. The molecule has 0 aliphatic rings. The fourth-order valence-electron chi connectivity index (χ4n) is 2.54. The van der Waals surface area contributed by atoms with Crippen LogP contribution in [0, 0.1) is 6.92 Å². The number of aromatic nitrogens is 2. The summed E-state index contributed by atoms with van der Waals surface area (Å²) in [6.07, 6.45) is 0.706. The van der Waals surface area contributed by atoms with E-state index in [0.717, 1.165) is 22.5 Å². The maximum absolute atomic E-state index is 12.1. The largest absolute Gasteiger partial charge is 0.421 e. The van der Waals surface area contributed by atoms with Crippen molar-refractivity contribution < 1.29 is 9.21 Å². The van der Waals surface area contributed by atoms with Gasteiger partial charge in [-0.3, -0.25) is 4.79 Å². The lowest BCUT2D eigenvalue weighted by Gasteiger charge is -2.16. The van der Waals surface area contributed by atoms with Gasteiger partial charge >= 0.3 is 0 Å². The lowest BCUT2D eigenvalue weighted by atomic mass is 10.1. The molecule has 3 rings (SSSR count). The van der Waals surface area contributed by atoms with Gasteiger partial charge in [0.25, 0.3) is 0 Å². The van der Waals surface area contributed by atoms with E-state index in [4.69, 9.17) is 4.42 Å². The monoisotopic (exact) mass is 356 g/mol. The number of hydrogen-bond acceptors (Lipinski definition) is 6. The molecule has 25 heavy (non-hydrogen) atoms. The zero-order chi connectivity index (χ0) is 17.8. The molecule has 2 aromatic heterocycles. The van der Waals surface area contributed by atoms with Crippen molar-refractivity contribution in [1.82, 2.24) is 10.2 Å². The summed E-state index contributed by atoms with van der Waals surface area (Å²) in [6, 6.07) is 7.79. The number of nitrogens with one attached hydrogen (secondary N) is 1. The molecular formula is C18H20N4O2S. The quantitative estimate of drug-likeness (QED) is 0.728. The van der Waals surface area contributed by atoms with Crippen LogP contribution < -0.4 is 10.2 Å². The van der Waals surface area contributed by atoms with Crippen LogP contribution >= 0.6 is 11.3 Å². The number of nitrogens with zero attached hydrogens (tertiary/aromatic N) is 3. The Morgan fingerprint density at radius 3 is 2.80 bits per heavy atom. The van der Waals surface area contributed by atoms with Gasteiger partial charge in [0, 0.05) is 49.3 Å². The van der Waals surface area contributed by atoms with E-state index in [1.807, 2.05) is 60.9 Å². The Balaban J connectivity index is 1.55. The Hall–Kier alpha value is -2.67. The van der Waals surface area contributed by atoms with Crippen LogP contribution in [0.3, 0.4) is 0 Å². The molecule has 7 heteroatoms. The molecule has 0 aliphatic carbocycles. The van der Waals surface area contributed by atoms with Crippen LogP contribution in [-0.4, -0.2) is 30.2 Å². The highest BCUT2D eigenvalue weighted by Gasteiger charge is 2.11. The summed E-state index contributed by atoms with van der Waals surface area (Å²) in [5.74, 6) is 0.884. The maximum Gasteiger partial charge on any atom is 0.248 e. The van der Waals surface area contributed by atoms with Crippen LogP contribution in [0.2, 0.25) is 0 Å². The predicted molar refractivity (Wildman–Crippen MR) is 100 cm³/mol. The minimum absolute atomic E-state index is 0.0766. The highest BCUT2D eigenvalue weighted by Crippen LogP contribution is 2.23. The molecule has 1 aromatic carbocycles. The van der Waals surface area contributed by atoms with E-state index in [2.05, 4.69) is 15.5 Å². The van der Waals surface area contributed by atoms with Gasteiger partial charge in [-0.15, -0.1) is 10.2 Å². The third kappa shape index (κ3) is 4.24. The molecule has 0 aliphatic heterocycles. The highest BCUT2D eigenvalue weighted by molar-refractivity contribution is 7.08. The zero-order valence-electron chi connectivity index (χ0n) is 14.4. The van der Waals surface area contributed by atoms with Crippen molar-refractivity contribution in [3.8, 4) is 11.5 Å². The molecule has 6 nitrogen and oxygen atoms in total. The molecule has 1 amide bonds. The number of aryl methyl sites for hydroxylation is 2. The van der Waals surface area contributed by atoms with Crippen molar-refractivity contribution in [2.45, 2.75) is 19.8 Å². The number of carbonyl (C=O) groups excluding carboxylic acids is 1. The molecule has 3 aromatic rings. The van der Waals surface area contributed by atoms with E-state index in [9.17, 15) is 4.79 Å².